The van der Waals surface area contributed by atoms with E-state index in [2.05, 4.69) is 24.0 Å². The molecule has 0 bridgehead atoms. The number of aliphatic hydroxyl groups excluding tert-OH is 2. The fourth-order valence-electron chi connectivity index (χ4n) is 5.39. The van der Waals surface area contributed by atoms with E-state index in [0.717, 1.165) is 23.2 Å². The van der Waals surface area contributed by atoms with Crippen LogP contribution in [0.1, 0.15) is 168 Å². The summed E-state index contributed by atoms with van der Waals surface area (Å²) in [6.07, 6.45) is 23.4. The van der Waals surface area contributed by atoms with Crippen LogP contribution in [-0.2, 0) is 15.6 Å². The topological polar surface area (TPSA) is 101 Å². The maximum Gasteiger partial charge on any atom is 0.310 e. The number of carboxylic acid groups (broad SMARTS) is 1. The Morgan fingerprint density at radius 2 is 1.11 bits per heavy atom. The zero-order valence-electron chi connectivity index (χ0n) is 30.5. The van der Waals surface area contributed by atoms with Crippen molar-refractivity contribution in [2.45, 2.75) is 162 Å². The van der Waals surface area contributed by atoms with E-state index in [1.807, 2.05) is 53.7 Å². The molecule has 0 spiro atoms. The Balaban J connectivity index is 0.000000880. The summed E-state index contributed by atoms with van der Waals surface area (Å²) in [4.78, 5) is 13.4. The second kappa shape index (κ2) is 24.3. The average molecular weight is 634 g/mol. The van der Waals surface area contributed by atoms with E-state index in [9.17, 15) is 15.0 Å². The number of aromatic hydroxyl groups is 1. The molecule has 0 fully saturated rings. The summed E-state index contributed by atoms with van der Waals surface area (Å²) in [6, 6.07) is 3.65. The molecule has 0 saturated heterocycles. The maximum atomic E-state index is 11.2. The number of rotatable bonds is 22. The van der Waals surface area contributed by atoms with Crippen LogP contribution in [0.15, 0.2) is 24.3 Å². The first-order chi connectivity index (χ1) is 21.2. The molecule has 1 unspecified atom stereocenters. The molecule has 6 heteroatoms. The van der Waals surface area contributed by atoms with Crippen LogP contribution in [0, 0.1) is 0 Å². The molecule has 45 heavy (non-hydrogen) atoms. The van der Waals surface area contributed by atoms with Crippen LogP contribution in [-0.4, -0.2) is 64.1 Å². The van der Waals surface area contributed by atoms with Crippen molar-refractivity contribution in [1.82, 2.24) is 4.90 Å². The van der Waals surface area contributed by atoms with E-state index in [0.29, 0.717) is 13.1 Å². The molecule has 0 aliphatic heterocycles. The molecule has 0 radical (unpaired) electrons. The standard InChI is InChI=1S/C22H45NO2.C17H26O3/c1-2-3-4-5-6-7-8-9-10-11-12-13-14-15-16-17-18-23(19-21-24)20-22-25;1-10(15(19)20)11-8-12(16(2,3)4)14(18)13(9-11)17(5,6)7/h9-10,24-25H,2-8,11-22H2,1H3;8-10,18H,1-7H3,(H,19,20)/b10-9-;. The van der Waals surface area contributed by atoms with E-state index in [1.54, 1.807) is 6.92 Å². The van der Waals surface area contributed by atoms with Gasteiger partial charge < -0.3 is 20.4 Å². The largest absolute Gasteiger partial charge is 0.507 e. The number of hydrogen-bond donors (Lipinski definition) is 4. The quantitative estimate of drug-likeness (QED) is 0.0749. The van der Waals surface area contributed by atoms with Gasteiger partial charge >= 0.3 is 5.97 Å². The van der Waals surface area contributed by atoms with Gasteiger partial charge in [-0.05, 0) is 73.1 Å². The van der Waals surface area contributed by atoms with Crippen LogP contribution in [0.2, 0.25) is 0 Å². The molecular formula is C39H71NO5. The van der Waals surface area contributed by atoms with Gasteiger partial charge in [0, 0.05) is 13.1 Å². The fraction of sp³-hybridized carbons (Fsp3) is 0.769. The number of hydrogen-bond acceptors (Lipinski definition) is 5. The molecule has 1 atom stereocenters. The van der Waals surface area contributed by atoms with Gasteiger partial charge in [0.1, 0.15) is 5.75 Å². The molecule has 0 saturated carbocycles. The number of aliphatic carboxylic acids is 1. The number of unbranched alkanes of at least 4 members (excludes halogenated alkanes) is 12. The van der Waals surface area contributed by atoms with Gasteiger partial charge in [0.05, 0.1) is 19.1 Å². The molecule has 0 aliphatic rings. The number of phenolic OH excluding ortho intramolecular Hbond substituents is 1. The summed E-state index contributed by atoms with van der Waals surface area (Å²) in [5, 5.41) is 37.7. The fourth-order valence-corrected chi connectivity index (χ4v) is 5.39. The van der Waals surface area contributed by atoms with Crippen molar-refractivity contribution < 1.29 is 25.2 Å². The Morgan fingerprint density at radius 1 is 0.711 bits per heavy atom. The summed E-state index contributed by atoms with van der Waals surface area (Å²) in [5.74, 6) is -1.15. The Hall–Kier alpha value is -1.89. The zero-order chi connectivity index (χ0) is 34.3. The van der Waals surface area contributed by atoms with Crippen molar-refractivity contribution in [1.29, 1.82) is 0 Å². The van der Waals surface area contributed by atoms with Gasteiger partial charge in [-0.1, -0.05) is 131 Å². The first-order valence-corrected chi connectivity index (χ1v) is 17.9. The van der Waals surface area contributed by atoms with Gasteiger partial charge in [-0.2, -0.15) is 0 Å². The number of aliphatic hydroxyl groups is 2. The summed E-state index contributed by atoms with van der Waals surface area (Å²) in [5.41, 5.74) is 1.86. The van der Waals surface area contributed by atoms with Crippen molar-refractivity contribution >= 4 is 5.97 Å². The van der Waals surface area contributed by atoms with E-state index in [-0.39, 0.29) is 29.8 Å². The van der Waals surface area contributed by atoms with Crippen molar-refractivity contribution in [2.24, 2.45) is 0 Å². The van der Waals surface area contributed by atoms with Crippen molar-refractivity contribution in [3.63, 3.8) is 0 Å². The first-order valence-electron chi connectivity index (χ1n) is 17.9. The van der Waals surface area contributed by atoms with Crippen LogP contribution in [0.5, 0.6) is 5.75 Å². The normalized spacial score (nSPS) is 12.9. The third-order valence-corrected chi connectivity index (χ3v) is 8.44. The van der Waals surface area contributed by atoms with Gasteiger partial charge in [-0.25, -0.2) is 0 Å². The number of allylic oxidation sites excluding steroid dienone is 2. The van der Waals surface area contributed by atoms with Crippen molar-refractivity contribution in [3.8, 4) is 5.75 Å². The summed E-state index contributed by atoms with van der Waals surface area (Å²) < 4.78 is 0. The highest BCUT2D eigenvalue weighted by Gasteiger charge is 2.28. The number of phenols is 1. The number of benzene rings is 1. The molecule has 262 valence electrons. The summed E-state index contributed by atoms with van der Waals surface area (Å²) in [7, 11) is 0. The molecule has 4 N–H and O–H groups in total. The lowest BCUT2D eigenvalue weighted by Gasteiger charge is -2.28. The van der Waals surface area contributed by atoms with Crippen molar-refractivity contribution in [2.75, 3.05) is 32.8 Å². The van der Waals surface area contributed by atoms with Gasteiger partial charge in [0.15, 0.2) is 0 Å². The summed E-state index contributed by atoms with van der Waals surface area (Å²) >= 11 is 0. The molecule has 0 aromatic heterocycles. The summed E-state index contributed by atoms with van der Waals surface area (Å²) in [6.45, 7) is 18.8. The molecule has 0 heterocycles. The second-order valence-electron chi connectivity index (χ2n) is 14.8. The predicted molar refractivity (Wildman–Crippen MR) is 192 cm³/mol. The lowest BCUT2D eigenvalue weighted by atomic mass is 9.77. The third-order valence-electron chi connectivity index (χ3n) is 8.44. The first kappa shape index (κ1) is 43.1. The van der Waals surface area contributed by atoms with Gasteiger partial charge in [0.2, 0.25) is 0 Å². The van der Waals surface area contributed by atoms with Gasteiger partial charge in [-0.3, -0.25) is 9.69 Å². The molecular weight excluding hydrogens is 562 g/mol. The molecule has 0 aliphatic carbocycles. The number of carbonyl (C=O) groups is 1. The SMILES string of the molecule is CC(C(=O)O)c1cc(C(C)(C)C)c(O)c(C(C)(C)C)c1.CCCCCCCC/C=C\CCCCCCCCN(CCO)CCO. The highest BCUT2D eigenvalue weighted by atomic mass is 16.4. The third kappa shape index (κ3) is 20.1. The lowest BCUT2D eigenvalue weighted by molar-refractivity contribution is -0.138. The van der Waals surface area contributed by atoms with Gasteiger partial charge in [0.25, 0.3) is 0 Å². The number of carboxylic acids is 1. The smallest absolute Gasteiger partial charge is 0.310 e. The lowest BCUT2D eigenvalue weighted by Crippen LogP contribution is -2.30. The van der Waals surface area contributed by atoms with Gasteiger partial charge in [-0.15, -0.1) is 0 Å². The average Bonchev–Trinajstić information content (AvgIpc) is 2.96. The molecule has 0 amide bonds. The highest BCUT2D eigenvalue weighted by molar-refractivity contribution is 5.76. The van der Waals surface area contributed by atoms with E-state index in [1.165, 1.54) is 89.9 Å². The Morgan fingerprint density at radius 3 is 1.49 bits per heavy atom. The molecule has 1 aromatic rings. The van der Waals surface area contributed by atoms with Crippen LogP contribution in [0.4, 0.5) is 0 Å². The maximum absolute atomic E-state index is 11.2. The van der Waals surface area contributed by atoms with Crippen molar-refractivity contribution in [3.05, 3.63) is 41.0 Å². The highest BCUT2D eigenvalue weighted by Crippen LogP contribution is 2.41. The Bertz CT molecular complexity index is 887. The van der Waals surface area contributed by atoms with E-state index < -0.39 is 11.9 Å². The Labute approximate surface area is 277 Å². The Kier molecular flexibility index (Phi) is 23.3. The van der Waals surface area contributed by atoms with Crippen LogP contribution in [0.25, 0.3) is 0 Å². The minimum absolute atomic E-state index is 0.187. The van der Waals surface area contributed by atoms with Crippen LogP contribution < -0.4 is 0 Å². The minimum Gasteiger partial charge on any atom is -0.507 e. The monoisotopic (exact) mass is 634 g/mol. The minimum atomic E-state index is -0.851. The second-order valence-corrected chi connectivity index (χ2v) is 14.8. The van der Waals surface area contributed by atoms with E-state index in [4.69, 9.17) is 10.2 Å². The van der Waals surface area contributed by atoms with E-state index >= 15 is 0 Å². The zero-order valence-corrected chi connectivity index (χ0v) is 30.5. The van der Waals surface area contributed by atoms with Crippen LogP contribution in [0.3, 0.4) is 0 Å². The predicted octanol–water partition coefficient (Wildman–Crippen LogP) is 9.49. The number of nitrogens with zero attached hydrogens (tertiary/aromatic N) is 1. The molecule has 1 rings (SSSR count). The van der Waals surface area contributed by atoms with Crippen LogP contribution >= 0.6 is 0 Å². The molecule has 1 aromatic carbocycles. The molecule has 6 nitrogen and oxygen atoms in total.